The molecule has 0 N–H and O–H groups in total. The number of hydrogen-bond acceptors (Lipinski definition) is 6. The molecule has 0 aromatic rings. The van der Waals surface area contributed by atoms with Crippen LogP contribution in [0.5, 0.6) is 0 Å². The summed E-state index contributed by atoms with van der Waals surface area (Å²) < 4.78 is 16.9. The maximum Gasteiger partial charge on any atom is 0.306 e. The van der Waals surface area contributed by atoms with Gasteiger partial charge < -0.3 is 14.2 Å². The van der Waals surface area contributed by atoms with Gasteiger partial charge in [-0.3, -0.25) is 14.4 Å². The van der Waals surface area contributed by atoms with E-state index >= 15 is 0 Å². The van der Waals surface area contributed by atoms with E-state index in [2.05, 4.69) is 69.4 Å². The van der Waals surface area contributed by atoms with E-state index in [4.69, 9.17) is 14.2 Å². The van der Waals surface area contributed by atoms with Gasteiger partial charge >= 0.3 is 17.9 Å². The second-order valence-corrected chi connectivity index (χ2v) is 22.4. The van der Waals surface area contributed by atoms with Crippen LogP contribution in [0.4, 0.5) is 0 Å². The predicted molar refractivity (Wildman–Crippen MR) is 325 cm³/mol. The lowest BCUT2D eigenvalue weighted by Gasteiger charge is -2.18. The molecule has 6 nitrogen and oxygen atoms in total. The average molecular weight is 1050 g/mol. The fourth-order valence-electron chi connectivity index (χ4n) is 9.80. The molecule has 0 bridgehead atoms. The molecule has 1 atom stereocenters. The van der Waals surface area contributed by atoms with E-state index in [1.54, 1.807) is 0 Å². The molecule has 75 heavy (non-hydrogen) atoms. The first-order chi connectivity index (χ1) is 37.0. The van der Waals surface area contributed by atoms with Crippen LogP contribution in [0.15, 0.2) is 48.6 Å². The van der Waals surface area contributed by atoms with Crippen LogP contribution in [0.25, 0.3) is 0 Å². The highest BCUT2D eigenvalue weighted by Gasteiger charge is 2.19. The van der Waals surface area contributed by atoms with E-state index in [1.165, 1.54) is 244 Å². The molecule has 0 aromatic heterocycles. The molecule has 0 fully saturated rings. The van der Waals surface area contributed by atoms with Gasteiger partial charge in [0.05, 0.1) is 0 Å². The molecule has 0 radical (unpaired) electrons. The van der Waals surface area contributed by atoms with Crippen LogP contribution in [0.1, 0.15) is 355 Å². The maximum absolute atomic E-state index is 12.9. The van der Waals surface area contributed by atoms with Crippen molar-refractivity contribution in [3.8, 4) is 0 Å². The van der Waals surface area contributed by atoms with Crippen LogP contribution in [0.2, 0.25) is 0 Å². The predicted octanol–water partition coefficient (Wildman–Crippen LogP) is 22.6. The fourth-order valence-corrected chi connectivity index (χ4v) is 9.80. The van der Waals surface area contributed by atoms with Gasteiger partial charge in [0, 0.05) is 19.3 Å². The summed E-state index contributed by atoms with van der Waals surface area (Å²) >= 11 is 0. The molecule has 0 aromatic carbocycles. The third-order valence-corrected chi connectivity index (χ3v) is 14.8. The minimum absolute atomic E-state index is 0.0699. The van der Waals surface area contributed by atoms with E-state index in [0.717, 1.165) is 70.6 Å². The molecule has 0 rings (SSSR count). The summed E-state index contributed by atoms with van der Waals surface area (Å²) in [5, 5.41) is 0. The Balaban J connectivity index is 4.13. The van der Waals surface area contributed by atoms with Crippen molar-refractivity contribution in [1.29, 1.82) is 0 Å². The van der Waals surface area contributed by atoms with Crippen molar-refractivity contribution in [2.45, 2.75) is 361 Å². The lowest BCUT2D eigenvalue weighted by Crippen LogP contribution is -2.30. The highest BCUT2D eigenvalue weighted by Crippen LogP contribution is 2.17. The summed E-state index contributed by atoms with van der Waals surface area (Å²) in [7, 11) is 0. The highest BCUT2D eigenvalue weighted by molar-refractivity contribution is 5.71. The van der Waals surface area contributed by atoms with Gasteiger partial charge in [-0.25, -0.2) is 0 Å². The quantitative estimate of drug-likeness (QED) is 0.0261. The normalized spacial score (nSPS) is 12.3. The molecule has 438 valence electrons. The Hall–Kier alpha value is -2.63. The van der Waals surface area contributed by atoms with Gasteiger partial charge in [-0.05, 0) is 83.5 Å². The lowest BCUT2D eigenvalue weighted by molar-refractivity contribution is -0.167. The monoisotopic (exact) mass is 1050 g/mol. The molecule has 0 aliphatic carbocycles. The number of carbonyl (C=O) groups excluding carboxylic acids is 3. The third kappa shape index (κ3) is 62.1. The van der Waals surface area contributed by atoms with Crippen molar-refractivity contribution < 1.29 is 28.6 Å². The Morgan fingerprint density at radius 3 is 0.760 bits per heavy atom. The minimum Gasteiger partial charge on any atom is -0.462 e. The van der Waals surface area contributed by atoms with Gasteiger partial charge in [0.15, 0.2) is 6.10 Å². The zero-order valence-corrected chi connectivity index (χ0v) is 50.3. The number of unbranched alkanes of at least 4 members (excludes halogenated alkanes) is 42. The van der Waals surface area contributed by atoms with Gasteiger partial charge in [-0.15, -0.1) is 0 Å². The number of ether oxygens (including phenoxy) is 3. The molecule has 0 heterocycles. The van der Waals surface area contributed by atoms with Crippen molar-refractivity contribution in [3.05, 3.63) is 48.6 Å². The Labute approximate surface area is 467 Å². The van der Waals surface area contributed by atoms with E-state index in [9.17, 15) is 14.4 Å². The minimum atomic E-state index is -0.771. The second-order valence-electron chi connectivity index (χ2n) is 22.4. The Morgan fingerprint density at radius 2 is 0.480 bits per heavy atom. The van der Waals surface area contributed by atoms with Crippen LogP contribution in [-0.2, 0) is 28.6 Å². The van der Waals surface area contributed by atoms with Crippen LogP contribution in [-0.4, -0.2) is 37.2 Å². The number of hydrogen-bond donors (Lipinski definition) is 0. The first kappa shape index (κ1) is 72.4. The number of rotatable bonds is 61. The molecular weight excluding hydrogens is 925 g/mol. The summed E-state index contributed by atoms with van der Waals surface area (Å²) in [6.07, 6.45) is 79.9. The Kier molecular flexibility index (Phi) is 61.7. The van der Waals surface area contributed by atoms with Gasteiger partial charge in [0.2, 0.25) is 0 Å². The van der Waals surface area contributed by atoms with Crippen molar-refractivity contribution in [2.24, 2.45) is 0 Å². The van der Waals surface area contributed by atoms with Gasteiger partial charge in [0.1, 0.15) is 13.2 Å². The standard InChI is InChI=1S/C69H126O6/c1-4-7-10-13-16-19-21-23-25-27-29-30-31-32-33-34-35-36-37-38-40-41-43-45-47-50-53-56-59-62-68(71)74-65-66(64-73-67(70)61-58-55-52-49-18-15-12-9-6-3)75-69(72)63-60-57-54-51-48-46-44-42-39-28-26-24-22-20-17-14-11-8-5-2/h21,23-24,26-27,29,31-32,66H,4-20,22,25,28,30,33-65H2,1-3H3/b23-21-,26-24-,29-27-,32-31-. The number of carbonyl (C=O) groups is 3. The van der Waals surface area contributed by atoms with Crippen LogP contribution >= 0.6 is 0 Å². The molecule has 1 unspecified atom stereocenters. The SMILES string of the molecule is CCCCCCC/C=C\C/C=C\C/C=C\CCCCCCCCCCCCCCCCC(=O)OCC(COC(=O)CCCCCCCCCCC)OC(=O)CCCCCCCCCCC/C=C\CCCCCCCC. The summed E-state index contributed by atoms with van der Waals surface area (Å²) in [6, 6.07) is 0. The Bertz CT molecular complexity index is 1300. The summed E-state index contributed by atoms with van der Waals surface area (Å²) in [5.74, 6) is -0.855. The molecule has 0 amide bonds. The zero-order chi connectivity index (χ0) is 54.3. The summed E-state index contributed by atoms with van der Waals surface area (Å²) in [5.41, 5.74) is 0. The zero-order valence-electron chi connectivity index (χ0n) is 50.3. The van der Waals surface area contributed by atoms with Gasteiger partial charge in [-0.2, -0.15) is 0 Å². The van der Waals surface area contributed by atoms with Gasteiger partial charge in [-0.1, -0.05) is 301 Å². The molecule has 0 saturated carbocycles. The van der Waals surface area contributed by atoms with Crippen molar-refractivity contribution in [1.82, 2.24) is 0 Å². The summed E-state index contributed by atoms with van der Waals surface area (Å²) in [4.78, 5) is 38.2. The maximum atomic E-state index is 12.9. The fraction of sp³-hybridized carbons (Fsp3) is 0.841. The number of allylic oxidation sites excluding steroid dienone is 8. The third-order valence-electron chi connectivity index (χ3n) is 14.8. The highest BCUT2D eigenvalue weighted by atomic mass is 16.6. The van der Waals surface area contributed by atoms with Crippen molar-refractivity contribution >= 4 is 17.9 Å². The van der Waals surface area contributed by atoms with Crippen molar-refractivity contribution in [3.63, 3.8) is 0 Å². The molecule has 0 aliphatic heterocycles. The van der Waals surface area contributed by atoms with Crippen LogP contribution < -0.4 is 0 Å². The molecule has 0 spiro atoms. The van der Waals surface area contributed by atoms with E-state index in [1.807, 2.05) is 0 Å². The average Bonchev–Trinajstić information content (AvgIpc) is 3.41. The molecule has 0 saturated heterocycles. The first-order valence-corrected chi connectivity index (χ1v) is 33.1. The van der Waals surface area contributed by atoms with E-state index < -0.39 is 6.10 Å². The number of esters is 3. The molecule has 6 heteroatoms. The molecule has 0 aliphatic rings. The molecular formula is C69H126O6. The van der Waals surface area contributed by atoms with E-state index in [0.29, 0.717) is 19.3 Å². The largest absolute Gasteiger partial charge is 0.462 e. The smallest absolute Gasteiger partial charge is 0.306 e. The van der Waals surface area contributed by atoms with Crippen LogP contribution in [0, 0.1) is 0 Å². The Morgan fingerprint density at radius 1 is 0.267 bits per heavy atom. The topological polar surface area (TPSA) is 78.9 Å². The van der Waals surface area contributed by atoms with Crippen molar-refractivity contribution in [2.75, 3.05) is 13.2 Å². The van der Waals surface area contributed by atoms with E-state index in [-0.39, 0.29) is 31.1 Å². The first-order valence-electron chi connectivity index (χ1n) is 33.1. The van der Waals surface area contributed by atoms with Crippen LogP contribution in [0.3, 0.4) is 0 Å². The van der Waals surface area contributed by atoms with Gasteiger partial charge in [0.25, 0.3) is 0 Å². The second kappa shape index (κ2) is 63.9. The lowest BCUT2D eigenvalue weighted by atomic mass is 10.0. The summed E-state index contributed by atoms with van der Waals surface area (Å²) in [6.45, 7) is 6.65.